The summed E-state index contributed by atoms with van der Waals surface area (Å²) in [6.45, 7) is 0. The van der Waals surface area contributed by atoms with Gasteiger partial charge >= 0.3 is 0 Å². The van der Waals surface area contributed by atoms with Crippen molar-refractivity contribution in [2.24, 2.45) is 0 Å². The molecule has 0 saturated carbocycles. The van der Waals surface area contributed by atoms with Gasteiger partial charge in [-0.1, -0.05) is 0 Å². The Kier molecular flexibility index (Phi) is 6.23. The molecular formula is C17H12BrIN2O3. The van der Waals surface area contributed by atoms with Crippen molar-refractivity contribution in [3.05, 3.63) is 55.6 Å². The maximum atomic E-state index is 12.2. The second-order valence-electron chi connectivity index (χ2n) is 4.69. The topological polar surface area (TPSA) is 82.3 Å². The Morgan fingerprint density at radius 1 is 1.38 bits per heavy atom. The number of nitrogens with zero attached hydrogens (tertiary/aromatic N) is 1. The molecule has 0 heterocycles. The number of rotatable bonds is 4. The van der Waals surface area contributed by atoms with E-state index in [0.717, 1.165) is 0 Å². The van der Waals surface area contributed by atoms with Gasteiger partial charge in [-0.2, -0.15) is 5.26 Å². The molecule has 0 aliphatic carbocycles. The minimum atomic E-state index is -0.512. The molecule has 2 aromatic rings. The molecule has 0 bridgehead atoms. The monoisotopic (exact) mass is 498 g/mol. The molecule has 2 rings (SSSR count). The predicted molar refractivity (Wildman–Crippen MR) is 104 cm³/mol. The van der Waals surface area contributed by atoms with Crippen molar-refractivity contribution < 1.29 is 14.6 Å². The van der Waals surface area contributed by atoms with Crippen LogP contribution in [-0.4, -0.2) is 18.1 Å². The van der Waals surface area contributed by atoms with Gasteiger partial charge in [0.15, 0.2) is 0 Å². The number of carbonyl (C=O) groups is 1. The standard InChI is InChI=1S/C17H12BrIN2O3/c1-24-13-4-2-12(3-5-13)21-17(23)11(9-20)6-10-7-14(18)16(22)15(19)8-10/h2-8,22H,1H3,(H,21,23)/b11-6-. The highest BCUT2D eigenvalue weighted by atomic mass is 127. The van der Waals surface area contributed by atoms with Crippen LogP contribution in [0.4, 0.5) is 5.69 Å². The van der Waals surface area contributed by atoms with Crippen molar-refractivity contribution in [3.8, 4) is 17.6 Å². The second kappa shape index (κ2) is 8.17. The number of phenols is 1. The summed E-state index contributed by atoms with van der Waals surface area (Å²) in [6.07, 6.45) is 1.46. The largest absolute Gasteiger partial charge is 0.506 e. The molecule has 0 unspecified atom stereocenters. The zero-order valence-electron chi connectivity index (χ0n) is 12.5. The number of carbonyl (C=O) groups excluding carboxylic acids is 1. The molecule has 0 aromatic heterocycles. The van der Waals surface area contributed by atoms with Crippen LogP contribution in [0.5, 0.6) is 11.5 Å². The van der Waals surface area contributed by atoms with E-state index in [-0.39, 0.29) is 11.3 Å². The summed E-state index contributed by atoms with van der Waals surface area (Å²) in [6, 6.07) is 12.0. The van der Waals surface area contributed by atoms with Crippen LogP contribution in [0.15, 0.2) is 46.4 Å². The third-order valence-corrected chi connectivity index (χ3v) is 4.49. The highest BCUT2D eigenvalue weighted by Crippen LogP contribution is 2.31. The number of hydrogen-bond acceptors (Lipinski definition) is 4. The van der Waals surface area contributed by atoms with Crippen LogP contribution in [0.2, 0.25) is 0 Å². The number of halogens is 2. The van der Waals surface area contributed by atoms with E-state index >= 15 is 0 Å². The normalized spacial score (nSPS) is 10.8. The lowest BCUT2D eigenvalue weighted by molar-refractivity contribution is -0.112. The van der Waals surface area contributed by atoms with Gasteiger partial charge in [0, 0.05) is 5.69 Å². The summed E-state index contributed by atoms with van der Waals surface area (Å²) in [5.74, 6) is 0.281. The molecule has 0 fully saturated rings. The van der Waals surface area contributed by atoms with Crippen LogP contribution in [-0.2, 0) is 4.79 Å². The lowest BCUT2D eigenvalue weighted by atomic mass is 10.1. The van der Waals surface area contributed by atoms with Gasteiger partial charge in [-0.3, -0.25) is 4.79 Å². The fraction of sp³-hybridized carbons (Fsp3) is 0.0588. The summed E-state index contributed by atoms with van der Waals surface area (Å²) in [4.78, 5) is 12.2. The van der Waals surface area contributed by atoms with E-state index in [4.69, 9.17) is 4.74 Å². The van der Waals surface area contributed by atoms with E-state index in [1.54, 1.807) is 43.5 Å². The first-order chi connectivity index (χ1) is 11.4. The molecule has 2 aromatic carbocycles. The van der Waals surface area contributed by atoms with Crippen LogP contribution >= 0.6 is 38.5 Å². The van der Waals surface area contributed by atoms with E-state index in [9.17, 15) is 15.2 Å². The van der Waals surface area contributed by atoms with Crippen LogP contribution in [0.3, 0.4) is 0 Å². The van der Waals surface area contributed by atoms with Crippen molar-refractivity contribution in [1.29, 1.82) is 5.26 Å². The molecule has 5 nitrogen and oxygen atoms in total. The number of anilines is 1. The van der Waals surface area contributed by atoms with Crippen LogP contribution in [0.1, 0.15) is 5.56 Å². The molecule has 2 N–H and O–H groups in total. The number of nitrogens with one attached hydrogen (secondary N) is 1. The van der Waals surface area contributed by atoms with E-state index in [1.807, 2.05) is 28.7 Å². The van der Waals surface area contributed by atoms with Crippen molar-refractivity contribution >= 4 is 56.2 Å². The average Bonchev–Trinajstić information content (AvgIpc) is 2.58. The summed E-state index contributed by atoms with van der Waals surface area (Å²) in [5, 5.41) is 21.6. The Labute approximate surface area is 161 Å². The first-order valence-electron chi connectivity index (χ1n) is 6.70. The van der Waals surface area contributed by atoms with Gasteiger partial charge in [0.2, 0.25) is 0 Å². The molecule has 0 aliphatic heterocycles. The van der Waals surface area contributed by atoms with Crippen LogP contribution in [0.25, 0.3) is 6.08 Å². The lowest BCUT2D eigenvalue weighted by Crippen LogP contribution is -2.13. The molecule has 0 saturated heterocycles. The van der Waals surface area contributed by atoms with Gasteiger partial charge in [0.25, 0.3) is 5.91 Å². The number of hydrogen-bond donors (Lipinski definition) is 2. The Morgan fingerprint density at radius 3 is 2.58 bits per heavy atom. The van der Waals surface area contributed by atoms with Crippen molar-refractivity contribution in [3.63, 3.8) is 0 Å². The quantitative estimate of drug-likeness (QED) is 0.374. The molecule has 0 aliphatic rings. The average molecular weight is 499 g/mol. The van der Waals surface area contributed by atoms with Crippen molar-refractivity contribution in [2.45, 2.75) is 0 Å². The smallest absolute Gasteiger partial charge is 0.266 e. The number of benzene rings is 2. The number of phenolic OH excluding ortho intramolecular Hbond substituents is 1. The highest BCUT2D eigenvalue weighted by Gasteiger charge is 2.11. The van der Waals surface area contributed by atoms with Crippen LogP contribution in [0, 0.1) is 14.9 Å². The van der Waals surface area contributed by atoms with E-state index in [1.165, 1.54) is 6.08 Å². The molecule has 122 valence electrons. The molecular weight excluding hydrogens is 487 g/mol. The number of aromatic hydroxyl groups is 1. The fourth-order valence-corrected chi connectivity index (χ4v) is 3.36. The van der Waals surface area contributed by atoms with E-state index in [0.29, 0.717) is 25.0 Å². The Balaban J connectivity index is 2.23. The summed E-state index contributed by atoms with van der Waals surface area (Å²) in [5.41, 5.74) is 1.15. The van der Waals surface area contributed by atoms with Crippen molar-refractivity contribution in [1.82, 2.24) is 0 Å². The van der Waals surface area contributed by atoms with Crippen LogP contribution < -0.4 is 10.1 Å². The van der Waals surface area contributed by atoms with E-state index < -0.39 is 5.91 Å². The molecule has 0 spiro atoms. The maximum absolute atomic E-state index is 12.2. The molecule has 7 heteroatoms. The number of amides is 1. The summed E-state index contributed by atoms with van der Waals surface area (Å²) >= 11 is 5.21. The Morgan fingerprint density at radius 2 is 2.04 bits per heavy atom. The first-order valence-corrected chi connectivity index (χ1v) is 8.57. The van der Waals surface area contributed by atoms with E-state index in [2.05, 4.69) is 21.2 Å². The zero-order valence-corrected chi connectivity index (χ0v) is 16.3. The minimum Gasteiger partial charge on any atom is -0.506 e. The summed E-state index contributed by atoms with van der Waals surface area (Å²) < 4.78 is 6.16. The number of nitriles is 1. The molecule has 24 heavy (non-hydrogen) atoms. The Bertz CT molecular complexity index is 819. The minimum absolute atomic E-state index is 0.0424. The molecule has 0 atom stereocenters. The third-order valence-electron chi connectivity index (χ3n) is 3.06. The molecule has 0 radical (unpaired) electrons. The van der Waals surface area contributed by atoms with Gasteiger partial charge < -0.3 is 15.2 Å². The van der Waals surface area contributed by atoms with Gasteiger partial charge in [-0.15, -0.1) is 0 Å². The zero-order chi connectivity index (χ0) is 17.7. The SMILES string of the molecule is COc1ccc(NC(=O)/C(C#N)=C\c2cc(Br)c(O)c(I)c2)cc1. The maximum Gasteiger partial charge on any atom is 0.266 e. The first kappa shape index (κ1) is 18.3. The van der Waals surface area contributed by atoms with Gasteiger partial charge in [-0.05, 0) is 86.6 Å². The molecule has 1 amide bonds. The predicted octanol–water partition coefficient (Wildman–Crippen LogP) is 4.31. The van der Waals surface area contributed by atoms with Gasteiger partial charge in [0.05, 0.1) is 15.2 Å². The third kappa shape index (κ3) is 4.49. The number of ether oxygens (including phenoxy) is 1. The second-order valence-corrected chi connectivity index (χ2v) is 6.70. The van der Waals surface area contributed by atoms with Crippen molar-refractivity contribution in [2.75, 3.05) is 12.4 Å². The van der Waals surface area contributed by atoms with Gasteiger partial charge in [-0.25, -0.2) is 0 Å². The highest BCUT2D eigenvalue weighted by molar-refractivity contribution is 14.1. The number of methoxy groups -OCH3 is 1. The lowest BCUT2D eigenvalue weighted by Gasteiger charge is -2.06. The fourth-order valence-electron chi connectivity index (χ4n) is 1.86. The Hall–Kier alpha value is -2.05. The summed E-state index contributed by atoms with van der Waals surface area (Å²) in [7, 11) is 1.56. The van der Waals surface area contributed by atoms with Gasteiger partial charge in [0.1, 0.15) is 23.1 Å².